The van der Waals surface area contributed by atoms with E-state index in [9.17, 15) is 9.50 Å². The zero-order chi connectivity index (χ0) is 11.5. The quantitative estimate of drug-likeness (QED) is 0.868. The number of fused-ring (bicyclic) bond motifs is 1. The number of ether oxygens (including phenoxy) is 1. The average Bonchev–Trinajstić information content (AvgIpc) is 2.71. The first-order valence-corrected chi connectivity index (χ1v) is 5.07. The Morgan fingerprint density at radius 1 is 1.50 bits per heavy atom. The van der Waals surface area contributed by atoms with Crippen molar-refractivity contribution in [1.82, 2.24) is 0 Å². The summed E-state index contributed by atoms with van der Waals surface area (Å²) in [5, 5.41) is 10.4. The first-order chi connectivity index (χ1) is 7.72. The fraction of sp³-hybridized carbons (Fsp3) is 0.333. The van der Waals surface area contributed by atoms with E-state index >= 15 is 0 Å². The lowest BCUT2D eigenvalue weighted by Gasteiger charge is -2.05. The van der Waals surface area contributed by atoms with Crippen LogP contribution in [0.1, 0.15) is 18.3 Å². The van der Waals surface area contributed by atoms with Crippen molar-refractivity contribution in [2.75, 3.05) is 13.7 Å². The molecule has 0 saturated carbocycles. The number of halogens is 1. The Morgan fingerprint density at radius 2 is 2.31 bits per heavy atom. The van der Waals surface area contributed by atoms with E-state index in [-0.39, 0.29) is 5.58 Å². The molecule has 0 aliphatic carbocycles. The van der Waals surface area contributed by atoms with Crippen molar-refractivity contribution in [2.45, 2.75) is 12.5 Å². The number of furan rings is 1. The maximum Gasteiger partial charge on any atom is 0.170 e. The molecule has 2 rings (SSSR count). The molecule has 2 aromatic rings. The average molecular weight is 224 g/mol. The molecule has 0 fully saturated rings. The summed E-state index contributed by atoms with van der Waals surface area (Å²) in [5.74, 6) is -0.0418. The molecule has 0 bridgehead atoms. The molecule has 1 heterocycles. The minimum atomic E-state index is -0.758. The molecule has 0 saturated heterocycles. The molecule has 4 heteroatoms. The molecular formula is C12H13FO3. The molecule has 1 unspecified atom stereocenters. The summed E-state index contributed by atoms with van der Waals surface area (Å²) in [6, 6.07) is 6.34. The molecule has 1 N–H and O–H groups in total. The summed E-state index contributed by atoms with van der Waals surface area (Å²) >= 11 is 0. The third-order valence-corrected chi connectivity index (χ3v) is 2.44. The van der Waals surface area contributed by atoms with Gasteiger partial charge in [0.15, 0.2) is 11.4 Å². The summed E-state index contributed by atoms with van der Waals surface area (Å²) in [5.41, 5.74) is 0.189. The van der Waals surface area contributed by atoms with Gasteiger partial charge in [0, 0.05) is 25.5 Å². The van der Waals surface area contributed by atoms with Crippen molar-refractivity contribution >= 4 is 11.0 Å². The van der Waals surface area contributed by atoms with E-state index in [1.807, 2.05) is 0 Å². The Kier molecular flexibility index (Phi) is 3.22. The largest absolute Gasteiger partial charge is 0.455 e. The van der Waals surface area contributed by atoms with Crippen LogP contribution in [0.4, 0.5) is 4.39 Å². The zero-order valence-corrected chi connectivity index (χ0v) is 8.94. The van der Waals surface area contributed by atoms with E-state index in [4.69, 9.17) is 9.15 Å². The van der Waals surface area contributed by atoms with E-state index < -0.39 is 11.9 Å². The first kappa shape index (κ1) is 11.1. The molecule has 16 heavy (non-hydrogen) atoms. The van der Waals surface area contributed by atoms with Crippen molar-refractivity contribution in [1.29, 1.82) is 0 Å². The van der Waals surface area contributed by atoms with Crippen LogP contribution in [0.3, 0.4) is 0 Å². The molecule has 0 aliphatic heterocycles. The van der Waals surface area contributed by atoms with Crippen molar-refractivity contribution in [3.05, 3.63) is 35.8 Å². The predicted octanol–water partition coefficient (Wildman–Crippen LogP) is 2.64. The number of methoxy groups -OCH3 is 1. The van der Waals surface area contributed by atoms with Gasteiger partial charge in [-0.05, 0) is 12.1 Å². The Balaban J connectivity index is 2.29. The van der Waals surface area contributed by atoms with Gasteiger partial charge in [-0.25, -0.2) is 4.39 Å². The van der Waals surface area contributed by atoms with Crippen LogP contribution in [0.15, 0.2) is 28.7 Å². The maximum atomic E-state index is 13.3. The van der Waals surface area contributed by atoms with Crippen molar-refractivity contribution < 1.29 is 18.7 Å². The summed E-state index contributed by atoms with van der Waals surface area (Å²) in [4.78, 5) is 0. The lowest BCUT2D eigenvalue weighted by molar-refractivity contribution is 0.0958. The van der Waals surface area contributed by atoms with Crippen LogP contribution in [-0.4, -0.2) is 18.8 Å². The van der Waals surface area contributed by atoms with Gasteiger partial charge in [0.05, 0.1) is 0 Å². The van der Waals surface area contributed by atoms with E-state index in [0.717, 1.165) is 0 Å². The van der Waals surface area contributed by atoms with Gasteiger partial charge in [0.25, 0.3) is 0 Å². The highest BCUT2D eigenvalue weighted by Crippen LogP contribution is 2.27. The van der Waals surface area contributed by atoms with Crippen molar-refractivity contribution in [2.24, 2.45) is 0 Å². The Bertz CT molecular complexity index is 478. The van der Waals surface area contributed by atoms with Crippen molar-refractivity contribution in [3.8, 4) is 0 Å². The number of aliphatic hydroxyl groups excluding tert-OH is 1. The van der Waals surface area contributed by atoms with Crippen LogP contribution < -0.4 is 0 Å². The van der Waals surface area contributed by atoms with E-state index in [2.05, 4.69) is 0 Å². The highest BCUT2D eigenvalue weighted by atomic mass is 19.1. The second kappa shape index (κ2) is 4.63. The smallest absolute Gasteiger partial charge is 0.170 e. The molecule has 0 radical (unpaired) electrons. The predicted molar refractivity (Wildman–Crippen MR) is 57.6 cm³/mol. The number of benzene rings is 1. The van der Waals surface area contributed by atoms with Crippen LogP contribution >= 0.6 is 0 Å². The van der Waals surface area contributed by atoms with E-state index in [1.54, 1.807) is 25.3 Å². The van der Waals surface area contributed by atoms with Gasteiger partial charge in [-0.3, -0.25) is 0 Å². The van der Waals surface area contributed by atoms with Crippen LogP contribution in [0, 0.1) is 5.82 Å². The minimum Gasteiger partial charge on any atom is -0.455 e. The van der Waals surface area contributed by atoms with E-state index in [0.29, 0.717) is 24.2 Å². The first-order valence-electron chi connectivity index (χ1n) is 5.07. The Hall–Kier alpha value is -1.39. The highest BCUT2D eigenvalue weighted by molar-refractivity contribution is 5.78. The van der Waals surface area contributed by atoms with Gasteiger partial charge < -0.3 is 14.3 Å². The molecular weight excluding hydrogens is 211 g/mol. The van der Waals surface area contributed by atoms with Gasteiger partial charge in [-0.15, -0.1) is 0 Å². The maximum absolute atomic E-state index is 13.3. The van der Waals surface area contributed by atoms with Crippen LogP contribution in [0.5, 0.6) is 0 Å². The van der Waals surface area contributed by atoms with Gasteiger partial charge in [0.1, 0.15) is 11.9 Å². The number of hydrogen-bond donors (Lipinski definition) is 1. The summed E-state index contributed by atoms with van der Waals surface area (Å²) in [6.45, 7) is 0.431. The molecule has 1 aromatic carbocycles. The molecule has 0 amide bonds. The topological polar surface area (TPSA) is 42.6 Å². The molecule has 1 aromatic heterocycles. The standard InChI is InChI=1S/C12H13FO3/c1-15-6-5-10(14)11-7-8-3-2-4-9(13)12(8)16-11/h2-4,7,10,14H,5-6H2,1H3. The summed E-state index contributed by atoms with van der Waals surface area (Å²) < 4.78 is 23.4. The fourth-order valence-corrected chi connectivity index (χ4v) is 1.58. The number of aliphatic hydroxyl groups is 1. The van der Waals surface area contributed by atoms with Gasteiger partial charge >= 0.3 is 0 Å². The molecule has 0 spiro atoms. The second-order valence-corrected chi connectivity index (χ2v) is 3.60. The second-order valence-electron chi connectivity index (χ2n) is 3.60. The molecule has 86 valence electrons. The van der Waals surface area contributed by atoms with E-state index in [1.165, 1.54) is 6.07 Å². The van der Waals surface area contributed by atoms with Crippen LogP contribution in [0.25, 0.3) is 11.0 Å². The third-order valence-electron chi connectivity index (χ3n) is 2.44. The van der Waals surface area contributed by atoms with Crippen LogP contribution in [-0.2, 0) is 4.74 Å². The molecule has 0 aliphatic rings. The van der Waals surface area contributed by atoms with Gasteiger partial charge in [0.2, 0.25) is 0 Å². The fourth-order valence-electron chi connectivity index (χ4n) is 1.58. The number of hydrogen-bond acceptors (Lipinski definition) is 3. The monoisotopic (exact) mass is 224 g/mol. The molecule has 1 atom stereocenters. The number of rotatable bonds is 4. The minimum absolute atomic E-state index is 0.189. The van der Waals surface area contributed by atoms with Gasteiger partial charge in [-0.1, -0.05) is 12.1 Å². The third kappa shape index (κ3) is 2.08. The molecule has 3 nitrogen and oxygen atoms in total. The Morgan fingerprint density at radius 3 is 3.00 bits per heavy atom. The highest BCUT2D eigenvalue weighted by Gasteiger charge is 2.14. The lowest BCUT2D eigenvalue weighted by atomic mass is 10.2. The number of para-hydroxylation sites is 1. The van der Waals surface area contributed by atoms with Crippen molar-refractivity contribution in [3.63, 3.8) is 0 Å². The summed E-state index contributed by atoms with van der Waals surface area (Å²) in [7, 11) is 1.56. The summed E-state index contributed by atoms with van der Waals surface area (Å²) in [6.07, 6.45) is -0.329. The Labute approximate surface area is 92.4 Å². The van der Waals surface area contributed by atoms with Crippen LogP contribution in [0.2, 0.25) is 0 Å². The SMILES string of the molecule is COCCC(O)c1cc2cccc(F)c2o1. The zero-order valence-electron chi connectivity index (χ0n) is 8.94. The van der Waals surface area contributed by atoms with Gasteiger partial charge in [-0.2, -0.15) is 0 Å². The normalized spacial score (nSPS) is 13.2. The lowest BCUT2D eigenvalue weighted by Crippen LogP contribution is -2.00.